The summed E-state index contributed by atoms with van der Waals surface area (Å²) in [5.74, 6) is 0. The summed E-state index contributed by atoms with van der Waals surface area (Å²) in [5.41, 5.74) is 8.00. The molecule has 1 rings (SSSR count). The van der Waals surface area contributed by atoms with E-state index in [2.05, 4.69) is 10.0 Å². The van der Waals surface area contributed by atoms with Crippen molar-refractivity contribution in [3.8, 4) is 0 Å². The fourth-order valence-electron chi connectivity index (χ4n) is 1.08. The Morgan fingerprint density at radius 3 is 2.83 bits per heavy atom. The van der Waals surface area contributed by atoms with Crippen LogP contribution in [-0.4, -0.2) is 41.4 Å². The van der Waals surface area contributed by atoms with Crippen LogP contribution in [0.2, 0.25) is 0 Å². The van der Waals surface area contributed by atoms with Crippen LogP contribution in [0.15, 0.2) is 5.11 Å². The van der Waals surface area contributed by atoms with E-state index in [9.17, 15) is 9.18 Å². The molecule has 12 heavy (non-hydrogen) atoms. The van der Waals surface area contributed by atoms with Gasteiger partial charge >= 0.3 is 6.09 Å². The van der Waals surface area contributed by atoms with Crippen molar-refractivity contribution in [2.75, 3.05) is 13.1 Å². The molecule has 0 radical (unpaired) electrons. The summed E-state index contributed by atoms with van der Waals surface area (Å²) in [4.78, 5) is 13.6. The highest BCUT2D eigenvalue weighted by atomic mass is 19.1. The number of hydrogen-bond acceptors (Lipinski definition) is 2. The summed E-state index contributed by atoms with van der Waals surface area (Å²) in [6.07, 6.45) is -2.56. The summed E-state index contributed by atoms with van der Waals surface area (Å²) in [6, 6.07) is -0.869. The van der Waals surface area contributed by atoms with Gasteiger partial charge in [-0.05, 0) is 5.53 Å². The van der Waals surface area contributed by atoms with Gasteiger partial charge in [0.1, 0.15) is 6.17 Å². The summed E-state index contributed by atoms with van der Waals surface area (Å²) in [6.45, 7) is -0.264. The second-order valence-electron chi connectivity index (χ2n) is 2.48. The maximum Gasteiger partial charge on any atom is 0.407 e. The minimum absolute atomic E-state index is 0.0550. The molecule has 7 heteroatoms. The molecule has 0 aromatic rings. The first-order valence-corrected chi connectivity index (χ1v) is 3.31. The van der Waals surface area contributed by atoms with Crippen LogP contribution in [-0.2, 0) is 0 Å². The molecule has 0 aromatic heterocycles. The lowest BCUT2D eigenvalue weighted by atomic mass is 10.2. The molecule has 6 nitrogen and oxygen atoms in total. The molecule has 1 saturated heterocycles. The Hall–Kier alpha value is -1.49. The lowest BCUT2D eigenvalue weighted by molar-refractivity contribution is 0.152. The van der Waals surface area contributed by atoms with Gasteiger partial charge in [-0.15, -0.1) is 0 Å². The molecule has 0 aromatic carbocycles. The molecule has 1 aliphatic rings. The van der Waals surface area contributed by atoms with E-state index in [0.717, 1.165) is 4.90 Å². The maximum atomic E-state index is 12.8. The largest absolute Gasteiger partial charge is 0.465 e. The predicted octanol–water partition coefficient (Wildman–Crippen LogP) is 0.997. The number of nitrogens with zero attached hydrogens (tertiary/aromatic N) is 4. The first-order chi connectivity index (χ1) is 5.65. The van der Waals surface area contributed by atoms with Crippen LogP contribution in [0.3, 0.4) is 0 Å². The molecule has 1 heterocycles. The maximum absolute atomic E-state index is 12.8. The summed E-state index contributed by atoms with van der Waals surface area (Å²) >= 11 is 0. The smallest absolute Gasteiger partial charge is 0.407 e. The van der Waals surface area contributed by atoms with Crippen molar-refractivity contribution in [2.45, 2.75) is 12.2 Å². The fraction of sp³-hybridized carbons (Fsp3) is 0.800. The first-order valence-electron chi connectivity index (χ1n) is 3.31. The van der Waals surface area contributed by atoms with Crippen LogP contribution < -0.4 is 0 Å². The number of likely N-dealkylation sites (tertiary alicyclic amines) is 1. The van der Waals surface area contributed by atoms with Crippen molar-refractivity contribution in [3.63, 3.8) is 0 Å². The molecule has 1 amide bonds. The molecule has 1 N–H and O–H groups in total. The lowest BCUT2D eigenvalue weighted by Gasteiger charge is -2.08. The quantitative estimate of drug-likeness (QED) is 0.365. The van der Waals surface area contributed by atoms with Gasteiger partial charge < -0.3 is 10.0 Å². The topological polar surface area (TPSA) is 89.3 Å². The van der Waals surface area contributed by atoms with E-state index in [1.165, 1.54) is 0 Å². The molecule has 0 unspecified atom stereocenters. The molecule has 66 valence electrons. The Labute approximate surface area is 67.2 Å². The summed E-state index contributed by atoms with van der Waals surface area (Å²) in [5, 5.41) is 11.6. The van der Waals surface area contributed by atoms with Crippen molar-refractivity contribution in [3.05, 3.63) is 10.4 Å². The van der Waals surface area contributed by atoms with Gasteiger partial charge in [0, 0.05) is 11.5 Å². The van der Waals surface area contributed by atoms with Crippen LogP contribution in [0, 0.1) is 0 Å². The summed E-state index contributed by atoms with van der Waals surface area (Å²) < 4.78 is 12.8. The van der Waals surface area contributed by atoms with Gasteiger partial charge in [0.2, 0.25) is 0 Å². The van der Waals surface area contributed by atoms with Gasteiger partial charge in [-0.25, -0.2) is 9.18 Å². The van der Waals surface area contributed by atoms with Crippen LogP contribution in [0.4, 0.5) is 9.18 Å². The summed E-state index contributed by atoms with van der Waals surface area (Å²) in [7, 11) is 0. The number of alkyl halides is 1. The number of halogens is 1. The van der Waals surface area contributed by atoms with E-state index in [1.54, 1.807) is 0 Å². The minimum atomic E-state index is -1.38. The molecular formula is C5H7FN4O2. The van der Waals surface area contributed by atoms with E-state index >= 15 is 0 Å². The third-order valence-electron chi connectivity index (χ3n) is 1.69. The van der Waals surface area contributed by atoms with E-state index in [1.807, 2.05) is 0 Å². The second-order valence-corrected chi connectivity index (χ2v) is 2.48. The van der Waals surface area contributed by atoms with Gasteiger partial charge in [0.05, 0.1) is 12.6 Å². The zero-order valence-corrected chi connectivity index (χ0v) is 6.09. The minimum Gasteiger partial charge on any atom is -0.465 e. The Bertz CT molecular complexity index is 240. The Morgan fingerprint density at radius 2 is 2.42 bits per heavy atom. The molecule has 0 bridgehead atoms. The van der Waals surface area contributed by atoms with Crippen molar-refractivity contribution < 1.29 is 14.3 Å². The van der Waals surface area contributed by atoms with Crippen LogP contribution in [0.1, 0.15) is 0 Å². The third-order valence-corrected chi connectivity index (χ3v) is 1.69. The highest BCUT2D eigenvalue weighted by Gasteiger charge is 2.34. The van der Waals surface area contributed by atoms with E-state index in [-0.39, 0.29) is 13.1 Å². The van der Waals surface area contributed by atoms with Gasteiger partial charge in [0.15, 0.2) is 0 Å². The Morgan fingerprint density at radius 1 is 1.75 bits per heavy atom. The normalized spacial score (nSPS) is 28.2. The highest BCUT2D eigenvalue weighted by Crippen LogP contribution is 2.16. The van der Waals surface area contributed by atoms with Gasteiger partial charge in [0.25, 0.3) is 0 Å². The molecule has 0 saturated carbocycles. The first kappa shape index (κ1) is 8.61. The van der Waals surface area contributed by atoms with Crippen molar-refractivity contribution in [1.29, 1.82) is 0 Å². The Balaban J connectivity index is 2.61. The van der Waals surface area contributed by atoms with Gasteiger partial charge in [-0.3, -0.25) is 0 Å². The monoisotopic (exact) mass is 174 g/mol. The van der Waals surface area contributed by atoms with Gasteiger partial charge in [-0.2, -0.15) is 0 Å². The molecule has 0 aliphatic carbocycles. The van der Waals surface area contributed by atoms with Crippen LogP contribution in [0.25, 0.3) is 10.4 Å². The van der Waals surface area contributed by atoms with Crippen molar-refractivity contribution in [2.24, 2.45) is 5.11 Å². The molecule has 1 aliphatic heterocycles. The number of amides is 1. The van der Waals surface area contributed by atoms with Crippen LogP contribution >= 0.6 is 0 Å². The van der Waals surface area contributed by atoms with Crippen molar-refractivity contribution >= 4 is 6.09 Å². The molecular weight excluding hydrogens is 167 g/mol. The number of carbonyl (C=O) groups is 1. The standard InChI is InChI=1S/C5H7FN4O2/c6-3-1-10(5(11)12)2-4(3)8-9-7/h3-4H,1-2H2,(H,11,12)/t3-,4+/m0/s1. The average molecular weight is 174 g/mol. The zero-order chi connectivity index (χ0) is 9.14. The number of carboxylic acid groups (broad SMARTS) is 1. The van der Waals surface area contributed by atoms with Gasteiger partial charge in [-0.1, -0.05) is 5.11 Å². The number of hydrogen-bond donors (Lipinski definition) is 1. The second kappa shape index (κ2) is 3.27. The fourth-order valence-corrected chi connectivity index (χ4v) is 1.08. The number of azide groups is 1. The lowest BCUT2D eigenvalue weighted by Crippen LogP contribution is -2.27. The third kappa shape index (κ3) is 1.57. The van der Waals surface area contributed by atoms with E-state index < -0.39 is 18.3 Å². The SMILES string of the molecule is [N-]=[N+]=N[C@@H]1CN(C(=O)O)C[C@@H]1F. The number of rotatable bonds is 1. The Kier molecular flexibility index (Phi) is 2.35. The zero-order valence-electron chi connectivity index (χ0n) is 6.09. The average Bonchev–Trinajstić information content (AvgIpc) is 2.34. The van der Waals surface area contributed by atoms with Crippen molar-refractivity contribution in [1.82, 2.24) is 4.90 Å². The van der Waals surface area contributed by atoms with E-state index in [4.69, 9.17) is 10.6 Å². The molecule has 0 spiro atoms. The highest BCUT2D eigenvalue weighted by molar-refractivity contribution is 5.65. The molecule has 1 fully saturated rings. The van der Waals surface area contributed by atoms with Crippen LogP contribution in [0.5, 0.6) is 0 Å². The van der Waals surface area contributed by atoms with E-state index in [0.29, 0.717) is 0 Å². The molecule has 2 atom stereocenters. The predicted molar refractivity (Wildman–Crippen MR) is 37.4 cm³/mol.